The minimum atomic E-state index is -6.56. The number of fused-ring (bicyclic) bond motifs is 4. The van der Waals surface area contributed by atoms with E-state index in [9.17, 15) is 81.3 Å². The molecule has 0 amide bonds. The Hall–Kier alpha value is -1.20. The van der Waals surface area contributed by atoms with Gasteiger partial charge >= 0.3 is 36.0 Å². The van der Waals surface area contributed by atoms with Gasteiger partial charge in [-0.1, -0.05) is 41.5 Å². The summed E-state index contributed by atoms with van der Waals surface area (Å²) in [4.78, 5) is 23.8. The number of aliphatic hydroxyl groups is 2. The van der Waals surface area contributed by atoms with E-state index in [1.54, 1.807) is 27.7 Å². The first-order valence-electron chi connectivity index (χ1n) is 14.2. The van der Waals surface area contributed by atoms with Gasteiger partial charge in [0, 0.05) is 17.1 Å². The Kier molecular flexibility index (Phi) is 10.2. The Bertz CT molecular complexity index is 1150. The first kappa shape index (κ1) is 42.0. The Morgan fingerprint density at radius 2 is 0.766 bits per heavy atom. The van der Waals surface area contributed by atoms with E-state index in [0.717, 1.165) is 0 Å². The van der Waals surface area contributed by atoms with Crippen molar-refractivity contribution in [2.24, 2.45) is 45.3 Å². The first-order valence-corrected chi connectivity index (χ1v) is 14.2. The molecule has 4 aliphatic rings. The summed E-state index contributed by atoms with van der Waals surface area (Å²) in [7, 11) is 0. The number of alkyl halides is 14. The molecule has 4 nitrogen and oxygen atoms in total. The molecule has 47 heavy (non-hydrogen) atoms. The molecule has 4 saturated carbocycles. The topological polar surface area (TPSA) is 74.6 Å². The fraction of sp³-hybridized carbons (Fsp3) is 0.929. The Morgan fingerprint density at radius 3 is 0.936 bits per heavy atom. The quantitative estimate of drug-likeness (QED) is 0.216. The molecule has 8 atom stereocenters. The third-order valence-corrected chi connectivity index (χ3v) is 12.3. The molecule has 0 heterocycles. The molecule has 8 unspecified atom stereocenters. The number of hydrogen-bond acceptors (Lipinski definition) is 4. The Balaban J connectivity index is 0.000000320. The summed E-state index contributed by atoms with van der Waals surface area (Å²) in [6.45, 7) is 9.46. The van der Waals surface area contributed by atoms with Crippen LogP contribution >= 0.6 is 0 Å². The van der Waals surface area contributed by atoms with Crippen molar-refractivity contribution in [1.29, 1.82) is 0 Å². The van der Waals surface area contributed by atoms with Gasteiger partial charge in [-0.3, -0.25) is 9.59 Å². The molecular weight excluding hydrogens is 721 g/mol. The smallest absolute Gasteiger partial charge is 0.392 e. The van der Waals surface area contributed by atoms with E-state index in [2.05, 4.69) is 0 Å². The molecule has 1 radical (unpaired) electrons. The van der Waals surface area contributed by atoms with Crippen LogP contribution in [0.5, 0.6) is 0 Å². The van der Waals surface area contributed by atoms with E-state index >= 15 is 0 Å². The summed E-state index contributed by atoms with van der Waals surface area (Å²) in [6.07, 6.45) is -15.3. The molecule has 4 aliphatic carbocycles. The zero-order valence-corrected chi connectivity index (χ0v) is 26.9. The summed E-state index contributed by atoms with van der Waals surface area (Å²) < 4.78 is 181. The largest absolute Gasteiger partial charge is 0.460 e. The van der Waals surface area contributed by atoms with Gasteiger partial charge in [-0.25, -0.2) is 0 Å². The van der Waals surface area contributed by atoms with E-state index in [1.807, 2.05) is 0 Å². The number of hydrogen-bond donors (Lipinski definition) is 2. The van der Waals surface area contributed by atoms with Gasteiger partial charge in [0.25, 0.3) is 0 Å². The second-order valence-corrected chi connectivity index (χ2v) is 14.5. The maximum absolute atomic E-state index is 13.7. The van der Waals surface area contributed by atoms with Crippen molar-refractivity contribution in [3.05, 3.63) is 0 Å². The predicted molar refractivity (Wildman–Crippen MR) is 130 cm³/mol. The van der Waals surface area contributed by atoms with Gasteiger partial charge in [-0.2, -0.15) is 61.5 Å². The van der Waals surface area contributed by atoms with Gasteiger partial charge in [0.2, 0.25) is 11.6 Å². The van der Waals surface area contributed by atoms with Crippen LogP contribution in [0.4, 0.5) is 61.5 Å². The number of aliphatic hydroxyl groups excluding tert-OH is 2. The number of Topliss-reactive ketones (excluding diaryl/α,β-unsaturated/α-hetero) is 2. The van der Waals surface area contributed by atoms with Crippen molar-refractivity contribution in [3.8, 4) is 0 Å². The van der Waals surface area contributed by atoms with Crippen LogP contribution < -0.4 is 0 Å². The summed E-state index contributed by atoms with van der Waals surface area (Å²) in [5.41, 5.74) is -3.62. The van der Waals surface area contributed by atoms with E-state index in [-0.39, 0.29) is 29.9 Å². The summed E-state index contributed by atoms with van der Waals surface area (Å²) >= 11 is 0. The normalized spacial score (nSPS) is 36.5. The third kappa shape index (κ3) is 5.27. The molecule has 4 bridgehead atoms. The molecule has 275 valence electrons. The Morgan fingerprint density at radius 1 is 0.532 bits per heavy atom. The summed E-state index contributed by atoms with van der Waals surface area (Å²) in [5.74, 6) is -35.5. The van der Waals surface area contributed by atoms with Crippen LogP contribution in [0, 0.1) is 45.3 Å². The summed E-state index contributed by atoms with van der Waals surface area (Å²) in [6, 6.07) is 0. The molecule has 0 saturated heterocycles. The minimum absolute atomic E-state index is 0. The van der Waals surface area contributed by atoms with E-state index in [1.165, 1.54) is 13.8 Å². The molecule has 0 aromatic rings. The van der Waals surface area contributed by atoms with Gasteiger partial charge in [0.1, 0.15) is 0 Å². The Labute approximate surface area is 270 Å². The number of carbonyl (C=O) groups excluding carboxylic acids is 2. The number of carbonyl (C=O) groups is 2. The van der Waals surface area contributed by atoms with Crippen molar-refractivity contribution in [2.75, 3.05) is 0 Å². The number of rotatable bonds is 6. The third-order valence-electron chi connectivity index (χ3n) is 12.3. The van der Waals surface area contributed by atoms with Crippen LogP contribution in [0.25, 0.3) is 0 Å². The molecule has 2 N–H and O–H groups in total. The molecule has 19 heteroatoms. The summed E-state index contributed by atoms with van der Waals surface area (Å²) in [5, 5.41) is 20.4. The molecular formula is C28H34F14MnO4. The van der Waals surface area contributed by atoms with Gasteiger partial charge in [-0.05, 0) is 59.2 Å². The number of ketones is 2. The fourth-order valence-electron chi connectivity index (χ4n) is 8.41. The SMILES string of the molecule is CC1(C)C2CCC1(C)C(O)C2C(=O)C(F)(F)C(F)(F)C(F)(F)F.CC1(C)C2CCC1(C)C(O)C2C(=O)C(F)(F)C(F)(F)C(F)(F)F.[Mn]. The maximum atomic E-state index is 13.7. The molecule has 0 aliphatic heterocycles. The maximum Gasteiger partial charge on any atom is 0.460 e. The predicted octanol–water partition coefficient (Wildman–Crippen LogP) is 7.64. The monoisotopic (exact) mass is 755 g/mol. The molecule has 4 fully saturated rings. The van der Waals surface area contributed by atoms with Crippen LogP contribution in [-0.2, 0) is 26.7 Å². The molecule has 0 spiro atoms. The average Bonchev–Trinajstić information content (AvgIpc) is 3.37. The molecule has 4 rings (SSSR count). The molecule has 0 aromatic carbocycles. The second kappa shape index (κ2) is 11.4. The first-order chi connectivity index (χ1) is 20.1. The zero-order chi connectivity index (χ0) is 36.4. The standard InChI is InChI=1S/2C14H17F7O2.Mn/c2*1-10(2)6-4-5-11(10,3)8(22)7(6)9(23)12(15,16)13(17,18)14(19,20)21;/h2*6-8,22H,4-5H2,1-3H3;. The van der Waals surface area contributed by atoms with Crippen LogP contribution in [0.2, 0.25) is 0 Å². The van der Waals surface area contributed by atoms with Crippen LogP contribution in [0.15, 0.2) is 0 Å². The van der Waals surface area contributed by atoms with Crippen molar-refractivity contribution < 1.29 is 98.3 Å². The van der Waals surface area contributed by atoms with Gasteiger partial charge < -0.3 is 10.2 Å². The minimum Gasteiger partial charge on any atom is -0.392 e. The van der Waals surface area contributed by atoms with E-state index < -0.39 is 105 Å². The molecule has 0 aromatic heterocycles. The average molecular weight is 755 g/mol. The fourth-order valence-corrected chi connectivity index (χ4v) is 8.41. The second-order valence-electron chi connectivity index (χ2n) is 14.5. The van der Waals surface area contributed by atoms with E-state index in [0.29, 0.717) is 12.8 Å². The van der Waals surface area contributed by atoms with Crippen molar-refractivity contribution >= 4 is 11.6 Å². The van der Waals surface area contributed by atoms with Crippen molar-refractivity contribution in [3.63, 3.8) is 0 Å². The van der Waals surface area contributed by atoms with Crippen LogP contribution in [0.3, 0.4) is 0 Å². The van der Waals surface area contributed by atoms with Crippen molar-refractivity contribution in [2.45, 2.75) is 115 Å². The van der Waals surface area contributed by atoms with Gasteiger partial charge in [0.15, 0.2) is 0 Å². The van der Waals surface area contributed by atoms with E-state index in [4.69, 9.17) is 0 Å². The van der Waals surface area contributed by atoms with Crippen LogP contribution in [0.1, 0.15) is 67.2 Å². The van der Waals surface area contributed by atoms with Crippen LogP contribution in [-0.4, -0.2) is 70.0 Å². The van der Waals surface area contributed by atoms with Crippen molar-refractivity contribution in [1.82, 2.24) is 0 Å². The number of halogens is 14. The van der Waals surface area contributed by atoms with Gasteiger partial charge in [0.05, 0.1) is 24.0 Å². The van der Waals surface area contributed by atoms with Gasteiger partial charge in [-0.15, -0.1) is 0 Å². The zero-order valence-electron chi connectivity index (χ0n) is 25.7.